The quantitative estimate of drug-likeness (QED) is 0.748. The van der Waals surface area contributed by atoms with Gasteiger partial charge in [0, 0.05) is 15.9 Å². The molecule has 1 saturated heterocycles. The van der Waals surface area contributed by atoms with Gasteiger partial charge in [-0.25, -0.2) is 0 Å². The van der Waals surface area contributed by atoms with Crippen molar-refractivity contribution in [3.05, 3.63) is 35.9 Å². The number of thioether (sulfide) groups is 1. The molecule has 1 aromatic carbocycles. The number of nitrogens with two attached hydrogens (primary N) is 1. The predicted octanol–water partition coefficient (Wildman–Crippen LogP) is 0.965. The molecule has 1 amide bonds. The minimum Gasteiger partial charge on any atom is -0.481 e. The van der Waals surface area contributed by atoms with Crippen LogP contribution in [-0.4, -0.2) is 38.8 Å². The van der Waals surface area contributed by atoms with Crippen molar-refractivity contribution in [1.29, 1.82) is 0 Å². The second-order valence-electron chi connectivity index (χ2n) is 6.80. The summed E-state index contributed by atoms with van der Waals surface area (Å²) in [5, 5.41) is 11.9. The number of amides is 1. The Bertz CT molecular complexity index is 691. The number of carboxylic acid groups (broad SMARTS) is 1. The summed E-state index contributed by atoms with van der Waals surface area (Å²) in [6, 6.07) is 7.41. The minimum absolute atomic E-state index is 0.208. The van der Waals surface area contributed by atoms with E-state index in [2.05, 4.69) is 5.32 Å². The fraction of sp³-hybridized carbons (Fsp3) is 0.471. The van der Waals surface area contributed by atoms with E-state index in [1.165, 1.54) is 11.8 Å². The van der Waals surface area contributed by atoms with Gasteiger partial charge in [-0.1, -0.05) is 30.3 Å². The van der Waals surface area contributed by atoms with Crippen LogP contribution in [0.2, 0.25) is 0 Å². The van der Waals surface area contributed by atoms with E-state index in [0.717, 1.165) is 0 Å². The second-order valence-corrected chi connectivity index (χ2v) is 8.64. The van der Waals surface area contributed by atoms with Crippen molar-refractivity contribution in [2.45, 2.75) is 35.9 Å². The number of Topliss-reactive ketones (excluding diaryl/α,β-unsaturated/α-hetero) is 1. The summed E-state index contributed by atoms with van der Waals surface area (Å²) < 4.78 is -0.544. The fourth-order valence-electron chi connectivity index (χ4n) is 3.63. The smallest absolute Gasteiger partial charge is 0.308 e. The van der Waals surface area contributed by atoms with Crippen molar-refractivity contribution in [3.8, 4) is 0 Å². The maximum Gasteiger partial charge on any atom is 0.308 e. The molecule has 1 heterocycles. The number of carbonyl (C=O) groups is 3. The molecule has 0 radical (unpaired) electrons. The number of aliphatic carboxylic acids is 1. The van der Waals surface area contributed by atoms with Crippen LogP contribution < -0.4 is 11.1 Å². The number of hydrogen-bond donors (Lipinski definition) is 3. The summed E-state index contributed by atoms with van der Waals surface area (Å²) in [5.41, 5.74) is 6.62. The lowest BCUT2D eigenvalue weighted by Gasteiger charge is -2.39. The second kappa shape index (κ2) is 5.89. The molecule has 128 valence electrons. The van der Waals surface area contributed by atoms with Crippen molar-refractivity contribution in [2.75, 3.05) is 0 Å². The Hall–Kier alpha value is -1.86. The molecule has 0 aromatic heterocycles. The standard InChI is InChI=1S/C17H20N2O4S/c1-17(2)10(16(22)23)9-13(20)12(14(9)24-17)19-15(21)11(18)8-6-4-3-5-7-8/h3-7,9-12,14H,18H2,1-2H3,(H,19,21)(H,22,23)/t9?,10?,11?,12-,14+/m1/s1. The van der Waals surface area contributed by atoms with Crippen LogP contribution in [-0.2, 0) is 14.4 Å². The van der Waals surface area contributed by atoms with E-state index in [0.29, 0.717) is 5.56 Å². The molecule has 7 heteroatoms. The number of hydrogen-bond acceptors (Lipinski definition) is 5. The van der Waals surface area contributed by atoms with Crippen molar-refractivity contribution >= 4 is 29.4 Å². The molecular formula is C17H20N2O4S. The Balaban J connectivity index is 1.71. The zero-order valence-corrected chi connectivity index (χ0v) is 14.2. The number of fused-ring (bicyclic) bond motifs is 1. The van der Waals surface area contributed by atoms with Crippen LogP contribution in [0.4, 0.5) is 0 Å². The highest BCUT2D eigenvalue weighted by molar-refractivity contribution is 8.01. The normalized spacial score (nSPS) is 31.7. The first-order valence-corrected chi connectivity index (χ1v) is 8.67. The lowest BCUT2D eigenvalue weighted by Crippen LogP contribution is -2.64. The summed E-state index contributed by atoms with van der Waals surface area (Å²) in [6.45, 7) is 3.66. The third kappa shape index (κ3) is 2.61. The number of benzene rings is 1. The molecule has 24 heavy (non-hydrogen) atoms. The molecule has 5 atom stereocenters. The van der Waals surface area contributed by atoms with Gasteiger partial charge >= 0.3 is 5.97 Å². The predicted molar refractivity (Wildman–Crippen MR) is 90.4 cm³/mol. The Morgan fingerprint density at radius 1 is 1.29 bits per heavy atom. The molecule has 1 saturated carbocycles. The van der Waals surface area contributed by atoms with Crippen LogP contribution in [0.5, 0.6) is 0 Å². The van der Waals surface area contributed by atoms with Gasteiger partial charge in [0.1, 0.15) is 12.1 Å². The van der Waals surface area contributed by atoms with Crippen LogP contribution in [0, 0.1) is 11.8 Å². The van der Waals surface area contributed by atoms with Crippen molar-refractivity contribution in [2.24, 2.45) is 17.6 Å². The van der Waals surface area contributed by atoms with E-state index in [9.17, 15) is 19.5 Å². The molecule has 0 bridgehead atoms. The third-order valence-electron chi connectivity index (χ3n) is 4.87. The van der Waals surface area contributed by atoms with Crippen LogP contribution in [0.1, 0.15) is 25.5 Å². The Labute approximate surface area is 144 Å². The van der Waals surface area contributed by atoms with Crippen LogP contribution in [0.25, 0.3) is 0 Å². The summed E-state index contributed by atoms with van der Waals surface area (Å²) >= 11 is 1.46. The van der Waals surface area contributed by atoms with Crippen molar-refractivity contribution < 1.29 is 19.5 Å². The average molecular weight is 348 g/mol. The van der Waals surface area contributed by atoms with Gasteiger partial charge in [0.05, 0.1) is 5.92 Å². The summed E-state index contributed by atoms with van der Waals surface area (Å²) in [5.74, 6) is -2.86. The van der Waals surface area contributed by atoms with Gasteiger partial charge in [0.2, 0.25) is 5.91 Å². The third-order valence-corrected chi connectivity index (χ3v) is 6.57. The Morgan fingerprint density at radius 2 is 1.92 bits per heavy atom. The largest absolute Gasteiger partial charge is 0.481 e. The summed E-state index contributed by atoms with van der Waals surface area (Å²) in [6.07, 6.45) is 0. The van der Waals surface area contributed by atoms with Gasteiger partial charge in [-0.05, 0) is 19.4 Å². The SMILES string of the molecule is CC1(C)S[C@H]2C(C(=O)[C@H]2NC(=O)C(N)c2ccccc2)C1C(=O)O. The summed E-state index contributed by atoms with van der Waals surface area (Å²) in [7, 11) is 0. The lowest BCUT2D eigenvalue weighted by atomic mass is 9.67. The molecule has 3 unspecified atom stereocenters. The number of rotatable bonds is 4. The maximum atomic E-state index is 12.4. The van der Waals surface area contributed by atoms with Gasteiger partial charge in [0.15, 0.2) is 5.78 Å². The van der Waals surface area contributed by atoms with E-state index in [4.69, 9.17) is 5.73 Å². The number of ketones is 1. The van der Waals surface area contributed by atoms with Crippen molar-refractivity contribution in [3.63, 3.8) is 0 Å². The van der Waals surface area contributed by atoms with Gasteiger partial charge in [-0.2, -0.15) is 0 Å². The highest BCUT2D eigenvalue weighted by atomic mass is 32.2. The molecule has 2 aliphatic rings. The molecule has 1 aromatic rings. The molecule has 2 fully saturated rings. The zero-order chi connectivity index (χ0) is 17.6. The topological polar surface area (TPSA) is 109 Å². The first-order valence-electron chi connectivity index (χ1n) is 7.79. The molecule has 4 N–H and O–H groups in total. The van der Waals surface area contributed by atoms with Crippen LogP contribution in [0.15, 0.2) is 30.3 Å². The minimum atomic E-state index is -0.959. The molecule has 3 rings (SSSR count). The molecular weight excluding hydrogens is 328 g/mol. The van der Waals surface area contributed by atoms with Gasteiger partial charge in [-0.3, -0.25) is 14.4 Å². The molecule has 6 nitrogen and oxygen atoms in total. The average Bonchev–Trinajstić information content (AvgIpc) is 2.80. The van der Waals surface area contributed by atoms with Crippen molar-refractivity contribution in [1.82, 2.24) is 5.32 Å². The zero-order valence-electron chi connectivity index (χ0n) is 13.4. The first kappa shape index (κ1) is 17.0. The highest BCUT2D eigenvalue weighted by Gasteiger charge is 2.66. The molecule has 1 aliphatic carbocycles. The first-order chi connectivity index (χ1) is 11.2. The Kier molecular flexibility index (Phi) is 4.17. The number of nitrogens with one attached hydrogen (secondary N) is 1. The monoisotopic (exact) mass is 348 g/mol. The van der Waals surface area contributed by atoms with E-state index in [1.807, 2.05) is 19.9 Å². The van der Waals surface area contributed by atoms with E-state index < -0.39 is 40.5 Å². The maximum absolute atomic E-state index is 12.4. The number of carbonyl (C=O) groups excluding carboxylic acids is 2. The van der Waals surface area contributed by atoms with E-state index in [-0.39, 0.29) is 11.0 Å². The van der Waals surface area contributed by atoms with E-state index >= 15 is 0 Å². The fourth-order valence-corrected chi connectivity index (χ4v) is 5.50. The molecule has 1 aliphatic heterocycles. The van der Waals surface area contributed by atoms with Gasteiger partial charge in [0.25, 0.3) is 0 Å². The highest BCUT2D eigenvalue weighted by Crippen LogP contribution is 2.57. The number of carboxylic acids is 1. The Morgan fingerprint density at radius 3 is 2.50 bits per heavy atom. The lowest BCUT2D eigenvalue weighted by molar-refractivity contribution is -0.151. The van der Waals surface area contributed by atoms with E-state index in [1.54, 1.807) is 24.3 Å². The summed E-state index contributed by atoms with van der Waals surface area (Å²) in [4.78, 5) is 36.3. The van der Waals surface area contributed by atoms with Crippen LogP contribution in [0.3, 0.4) is 0 Å². The van der Waals surface area contributed by atoms with Crippen LogP contribution >= 0.6 is 11.8 Å². The molecule has 0 spiro atoms. The van der Waals surface area contributed by atoms with Gasteiger partial charge < -0.3 is 16.2 Å². The van der Waals surface area contributed by atoms with Gasteiger partial charge in [-0.15, -0.1) is 11.8 Å².